The van der Waals surface area contributed by atoms with E-state index in [4.69, 9.17) is 16.3 Å². The van der Waals surface area contributed by atoms with Gasteiger partial charge in [-0.3, -0.25) is 4.79 Å². The Bertz CT molecular complexity index is 1650. The molecule has 0 unspecified atom stereocenters. The molecule has 9 nitrogen and oxygen atoms in total. The third kappa shape index (κ3) is 8.20. The van der Waals surface area contributed by atoms with E-state index < -0.39 is 36.6 Å². The number of hydrogen-bond donors (Lipinski definition) is 2. The van der Waals surface area contributed by atoms with Gasteiger partial charge in [0.1, 0.15) is 22.2 Å². The molecule has 46 heavy (non-hydrogen) atoms. The third-order valence-corrected chi connectivity index (χ3v) is 13.6. The van der Waals surface area contributed by atoms with Crippen LogP contribution in [0.1, 0.15) is 86.7 Å². The van der Waals surface area contributed by atoms with Gasteiger partial charge in [-0.25, -0.2) is 21.6 Å². The number of amides is 1. The number of rotatable bonds is 3. The van der Waals surface area contributed by atoms with Crippen LogP contribution >= 0.6 is 11.6 Å². The van der Waals surface area contributed by atoms with Crippen molar-refractivity contribution in [3.63, 3.8) is 0 Å². The van der Waals surface area contributed by atoms with Crippen molar-refractivity contribution in [3.05, 3.63) is 58.1 Å². The van der Waals surface area contributed by atoms with Gasteiger partial charge in [-0.1, -0.05) is 31.0 Å². The average Bonchev–Trinajstić information content (AvgIpc) is 3.00. The normalized spacial score (nSPS) is 29.2. The number of hydrogen-bond acceptors (Lipinski definition) is 8. The first-order valence-electron chi connectivity index (χ1n) is 16.4. The fourth-order valence-corrected chi connectivity index (χ4v) is 9.50. The summed E-state index contributed by atoms with van der Waals surface area (Å²) in [7, 11) is -7.30. The Hall–Kier alpha value is -2.34. The van der Waals surface area contributed by atoms with E-state index in [-0.39, 0.29) is 35.5 Å². The standard InChI is InChI=1S/C34H47ClN2O7S2/c1-23-7-6-15-34(39,16-18-45(3,40)41)30-13-10-27(30)21-37-17-5-4-8-25-19-29(35)12-9-28(25)22-44-32-14-11-26(20-31(32)37)33(38)36-46(42,43)24(23)2/h9,11-12,14,19-20,23-24,27,30,39H,4-8,10,13,15-18,21-22H2,1-3H3,(H,36,38)/t23-,24+,27-,30+,34-/m0/s1. The number of ether oxygens (including phenoxy) is 1. The molecule has 0 spiro atoms. The zero-order valence-electron chi connectivity index (χ0n) is 27.0. The van der Waals surface area contributed by atoms with E-state index in [0.717, 1.165) is 43.2 Å². The summed E-state index contributed by atoms with van der Waals surface area (Å²) in [6.45, 7) is 4.99. The molecule has 0 saturated heterocycles. The number of benzene rings is 2. The molecule has 2 heterocycles. The SMILES string of the molecule is C[C@@H]1[C@@H](C)CCC[C@](O)(CCS(C)(=O)=O)[C@@H]2CC[C@H]2CN2CCCCc3cc(Cl)ccc3COc3ccc(cc32)C(=O)NS1(=O)=O. The fourth-order valence-electron chi connectivity index (χ4n) is 7.27. The number of aryl methyl sites for hydroxylation is 1. The largest absolute Gasteiger partial charge is 0.487 e. The summed E-state index contributed by atoms with van der Waals surface area (Å²) in [6.07, 6.45) is 7.07. The molecule has 1 amide bonds. The summed E-state index contributed by atoms with van der Waals surface area (Å²) in [5, 5.41) is 12.0. The molecule has 5 atom stereocenters. The Labute approximate surface area is 279 Å². The zero-order chi connectivity index (χ0) is 33.3. The predicted octanol–water partition coefficient (Wildman–Crippen LogP) is 5.52. The van der Waals surface area contributed by atoms with Gasteiger partial charge in [0.05, 0.1) is 22.3 Å². The molecule has 1 fully saturated rings. The number of fused-ring (bicyclic) bond motifs is 3. The maximum absolute atomic E-state index is 13.4. The van der Waals surface area contributed by atoms with E-state index in [0.29, 0.717) is 55.4 Å². The number of nitrogens with zero attached hydrogens (tertiary/aromatic N) is 1. The lowest BCUT2D eigenvalue weighted by molar-refractivity contribution is -0.0902. The molecule has 2 aromatic carbocycles. The second-order valence-corrected chi connectivity index (χ2v) is 18.5. The summed E-state index contributed by atoms with van der Waals surface area (Å²) in [6, 6.07) is 10.8. The van der Waals surface area contributed by atoms with Gasteiger partial charge in [-0.15, -0.1) is 0 Å². The van der Waals surface area contributed by atoms with Crippen LogP contribution in [0, 0.1) is 17.8 Å². The smallest absolute Gasteiger partial charge is 0.264 e. The number of carbonyl (C=O) groups excluding carboxylic acids is 1. The Morgan fingerprint density at radius 3 is 2.57 bits per heavy atom. The minimum absolute atomic E-state index is 0.0981. The Kier molecular flexibility index (Phi) is 10.7. The lowest BCUT2D eigenvalue weighted by atomic mass is 9.62. The first-order chi connectivity index (χ1) is 21.6. The Morgan fingerprint density at radius 2 is 1.85 bits per heavy atom. The molecular weight excluding hydrogens is 648 g/mol. The van der Waals surface area contributed by atoms with Crippen molar-refractivity contribution < 1.29 is 31.5 Å². The number of carbonyl (C=O) groups is 1. The minimum Gasteiger partial charge on any atom is -0.487 e. The molecule has 0 aromatic heterocycles. The summed E-state index contributed by atoms with van der Waals surface area (Å²) in [5.74, 6) is -0.482. The molecule has 254 valence electrons. The van der Waals surface area contributed by atoms with Crippen LogP contribution in [0.2, 0.25) is 5.02 Å². The van der Waals surface area contributed by atoms with Gasteiger partial charge < -0.3 is 14.7 Å². The molecule has 1 saturated carbocycles. The second-order valence-electron chi connectivity index (χ2n) is 13.8. The van der Waals surface area contributed by atoms with Crippen LogP contribution in [0.5, 0.6) is 5.75 Å². The topological polar surface area (TPSA) is 130 Å². The Balaban J connectivity index is 1.55. The highest BCUT2D eigenvalue weighted by atomic mass is 35.5. The van der Waals surface area contributed by atoms with Gasteiger partial charge in [0.2, 0.25) is 10.0 Å². The van der Waals surface area contributed by atoms with E-state index in [2.05, 4.69) is 9.62 Å². The number of sulfone groups is 1. The zero-order valence-corrected chi connectivity index (χ0v) is 29.4. The van der Waals surface area contributed by atoms with E-state index in [1.807, 2.05) is 25.1 Å². The summed E-state index contributed by atoms with van der Waals surface area (Å²) < 4.78 is 59.8. The van der Waals surface area contributed by atoms with Crippen molar-refractivity contribution in [3.8, 4) is 5.75 Å². The van der Waals surface area contributed by atoms with Gasteiger partial charge in [0.25, 0.3) is 5.91 Å². The van der Waals surface area contributed by atoms with Crippen molar-refractivity contribution >= 4 is 43.1 Å². The summed E-state index contributed by atoms with van der Waals surface area (Å²) in [5.41, 5.74) is 1.90. The number of anilines is 1. The van der Waals surface area contributed by atoms with E-state index in [9.17, 15) is 26.7 Å². The van der Waals surface area contributed by atoms with Gasteiger partial charge in [0, 0.05) is 29.9 Å². The Morgan fingerprint density at radius 1 is 1.07 bits per heavy atom. The number of nitrogens with one attached hydrogen (secondary N) is 1. The molecular formula is C34H47ClN2O7S2. The van der Waals surface area contributed by atoms with Crippen molar-refractivity contribution in [2.45, 2.75) is 89.1 Å². The van der Waals surface area contributed by atoms with Crippen molar-refractivity contribution in [1.82, 2.24) is 4.72 Å². The number of aliphatic hydroxyl groups is 1. The average molecular weight is 695 g/mol. The summed E-state index contributed by atoms with van der Waals surface area (Å²) >= 11 is 6.32. The molecule has 12 heteroatoms. The van der Waals surface area contributed by atoms with Crippen LogP contribution in [0.15, 0.2) is 36.4 Å². The van der Waals surface area contributed by atoms with E-state index in [1.165, 1.54) is 6.26 Å². The number of sulfonamides is 1. The lowest BCUT2D eigenvalue weighted by Gasteiger charge is -2.49. The highest BCUT2D eigenvalue weighted by molar-refractivity contribution is 7.90. The number of halogens is 1. The molecule has 2 aromatic rings. The molecule has 3 aliphatic rings. The molecule has 2 N–H and O–H groups in total. The first kappa shape index (κ1) is 35.0. The predicted molar refractivity (Wildman–Crippen MR) is 182 cm³/mol. The molecule has 5 rings (SSSR count). The molecule has 1 aliphatic carbocycles. The molecule has 0 radical (unpaired) electrons. The molecule has 2 bridgehead atoms. The van der Waals surface area contributed by atoms with Crippen LogP contribution in [-0.2, 0) is 32.9 Å². The first-order valence-corrected chi connectivity index (χ1v) is 20.4. The lowest BCUT2D eigenvalue weighted by Crippen LogP contribution is -2.51. The van der Waals surface area contributed by atoms with Crippen molar-refractivity contribution in [1.29, 1.82) is 0 Å². The molecule has 2 aliphatic heterocycles. The second kappa shape index (κ2) is 14.0. The van der Waals surface area contributed by atoms with Crippen molar-refractivity contribution in [2.75, 3.05) is 30.0 Å². The maximum atomic E-state index is 13.4. The third-order valence-electron chi connectivity index (χ3n) is 10.5. The van der Waals surface area contributed by atoms with Gasteiger partial charge in [0.15, 0.2) is 0 Å². The van der Waals surface area contributed by atoms with E-state index in [1.54, 1.807) is 25.1 Å². The fraction of sp³-hybridized carbons (Fsp3) is 0.618. The van der Waals surface area contributed by atoms with Crippen LogP contribution in [-0.4, -0.2) is 63.8 Å². The quantitative estimate of drug-likeness (QED) is 0.430. The monoisotopic (exact) mass is 694 g/mol. The van der Waals surface area contributed by atoms with Crippen LogP contribution in [0.4, 0.5) is 5.69 Å². The van der Waals surface area contributed by atoms with Crippen LogP contribution in [0.25, 0.3) is 0 Å². The highest BCUT2D eigenvalue weighted by Crippen LogP contribution is 2.47. The van der Waals surface area contributed by atoms with Crippen molar-refractivity contribution in [2.24, 2.45) is 17.8 Å². The minimum atomic E-state index is -4.00. The van der Waals surface area contributed by atoms with Gasteiger partial charge in [-0.2, -0.15) is 0 Å². The van der Waals surface area contributed by atoms with Crippen LogP contribution in [0.3, 0.4) is 0 Å². The van der Waals surface area contributed by atoms with E-state index >= 15 is 0 Å². The van der Waals surface area contributed by atoms with Crippen LogP contribution < -0.4 is 14.4 Å². The van der Waals surface area contributed by atoms with Gasteiger partial charge >= 0.3 is 0 Å². The summed E-state index contributed by atoms with van der Waals surface area (Å²) in [4.78, 5) is 15.6. The van der Waals surface area contributed by atoms with Gasteiger partial charge in [-0.05, 0) is 118 Å². The maximum Gasteiger partial charge on any atom is 0.264 e. The highest BCUT2D eigenvalue weighted by Gasteiger charge is 2.47.